The van der Waals surface area contributed by atoms with Gasteiger partial charge < -0.3 is 9.94 Å². The summed E-state index contributed by atoms with van der Waals surface area (Å²) >= 11 is 0. The van der Waals surface area contributed by atoms with E-state index < -0.39 is 0 Å². The van der Waals surface area contributed by atoms with Crippen LogP contribution < -0.4 is 9.47 Å². The number of hydrogen-bond donors (Lipinski definition) is 0. The van der Waals surface area contributed by atoms with Gasteiger partial charge in [0.2, 0.25) is 5.78 Å². The Kier molecular flexibility index (Phi) is 4.09. The van der Waals surface area contributed by atoms with Gasteiger partial charge in [-0.1, -0.05) is 6.92 Å². The summed E-state index contributed by atoms with van der Waals surface area (Å²) in [5, 5.41) is 11.3. The maximum atomic E-state index is 11.5. The molecule has 1 aromatic heterocycles. The van der Waals surface area contributed by atoms with Crippen LogP contribution in [0.5, 0.6) is 5.75 Å². The summed E-state index contributed by atoms with van der Waals surface area (Å²) in [4.78, 5) is 11.5. The average Bonchev–Trinajstić information content (AvgIpc) is 2.21. The number of Topliss-reactive ketones (excluding diaryl/α,β-unsaturated/α-hetero) is 1. The van der Waals surface area contributed by atoms with Gasteiger partial charge in [-0.25, -0.2) is 0 Å². The maximum absolute atomic E-state index is 11.5. The summed E-state index contributed by atoms with van der Waals surface area (Å²) < 4.78 is 5.81. The molecule has 1 rings (SSSR count). The first-order valence-corrected chi connectivity index (χ1v) is 5.08. The second kappa shape index (κ2) is 5.34. The molecule has 0 atom stereocenters. The van der Waals surface area contributed by atoms with Crippen molar-refractivity contribution in [3.8, 4) is 5.75 Å². The van der Waals surface area contributed by atoms with Gasteiger partial charge in [-0.05, 0) is 13.3 Å². The van der Waals surface area contributed by atoms with Crippen molar-refractivity contribution in [2.75, 3.05) is 6.61 Å². The first-order chi connectivity index (χ1) is 7.19. The number of nitrogens with zero attached hydrogens (tertiary/aromatic N) is 1. The Morgan fingerprint density at radius 3 is 2.87 bits per heavy atom. The second-order valence-electron chi connectivity index (χ2n) is 3.18. The maximum Gasteiger partial charge on any atom is 0.263 e. The first-order valence-electron chi connectivity index (χ1n) is 5.08. The lowest BCUT2D eigenvalue weighted by atomic mass is 10.1. The molecule has 0 N–H and O–H groups in total. The average molecular weight is 209 g/mol. The first kappa shape index (κ1) is 11.5. The van der Waals surface area contributed by atoms with E-state index in [9.17, 15) is 10.0 Å². The Bertz CT molecular complexity index is 350. The van der Waals surface area contributed by atoms with Gasteiger partial charge >= 0.3 is 0 Å². The van der Waals surface area contributed by atoms with Crippen molar-refractivity contribution in [3.63, 3.8) is 0 Å². The zero-order chi connectivity index (χ0) is 11.3. The Morgan fingerprint density at radius 2 is 2.27 bits per heavy atom. The molecule has 0 amide bonds. The fraction of sp³-hybridized carbons (Fsp3) is 0.455. The molecule has 0 saturated carbocycles. The van der Waals surface area contributed by atoms with E-state index in [1.165, 1.54) is 12.3 Å². The largest absolute Gasteiger partial charge is 0.618 e. The van der Waals surface area contributed by atoms with Crippen molar-refractivity contribution in [1.82, 2.24) is 0 Å². The number of pyridine rings is 1. The van der Waals surface area contributed by atoms with Gasteiger partial charge in [0.05, 0.1) is 12.7 Å². The highest BCUT2D eigenvalue weighted by molar-refractivity contribution is 5.93. The third-order valence-corrected chi connectivity index (χ3v) is 1.96. The van der Waals surface area contributed by atoms with Gasteiger partial charge in [-0.2, -0.15) is 4.73 Å². The van der Waals surface area contributed by atoms with Crippen molar-refractivity contribution in [3.05, 3.63) is 29.2 Å². The second-order valence-corrected chi connectivity index (χ2v) is 3.18. The summed E-state index contributed by atoms with van der Waals surface area (Å²) in [6.07, 6.45) is 2.42. The van der Waals surface area contributed by atoms with Crippen LogP contribution in [0.15, 0.2) is 18.3 Å². The fourth-order valence-corrected chi connectivity index (χ4v) is 1.28. The summed E-state index contributed by atoms with van der Waals surface area (Å²) in [7, 11) is 0. The molecule has 0 aliphatic heterocycles. The van der Waals surface area contributed by atoms with E-state index in [-0.39, 0.29) is 11.5 Å². The number of carbonyl (C=O) groups excluding carboxylic acids is 1. The van der Waals surface area contributed by atoms with Gasteiger partial charge in [-0.3, -0.25) is 4.79 Å². The van der Waals surface area contributed by atoms with Crippen molar-refractivity contribution in [1.29, 1.82) is 0 Å². The third-order valence-electron chi connectivity index (χ3n) is 1.96. The number of aromatic nitrogens is 1. The molecule has 0 bridgehead atoms. The van der Waals surface area contributed by atoms with E-state index in [1.54, 1.807) is 6.07 Å². The van der Waals surface area contributed by atoms with Crippen molar-refractivity contribution in [2.24, 2.45) is 0 Å². The minimum atomic E-state index is -0.144. The minimum Gasteiger partial charge on any atom is -0.618 e. The quantitative estimate of drug-likeness (QED) is 0.421. The number of hydrogen-bond acceptors (Lipinski definition) is 3. The summed E-state index contributed by atoms with van der Waals surface area (Å²) in [5.74, 6) is 0.415. The highest BCUT2D eigenvalue weighted by Crippen LogP contribution is 2.11. The standard InChI is InChI=1S/C11H15NO3/c1-3-5-11(13)10-8-9(15-4-2)6-7-12(10)14/h6-8H,3-5H2,1-2H3. The molecule has 0 unspecified atom stereocenters. The zero-order valence-corrected chi connectivity index (χ0v) is 9.03. The fourth-order valence-electron chi connectivity index (χ4n) is 1.28. The molecule has 82 valence electrons. The van der Waals surface area contributed by atoms with E-state index in [4.69, 9.17) is 4.74 Å². The predicted octanol–water partition coefficient (Wildman–Crippen LogP) is 1.70. The molecule has 0 radical (unpaired) electrons. The van der Waals surface area contributed by atoms with Crippen LogP contribution in [0.1, 0.15) is 37.2 Å². The van der Waals surface area contributed by atoms with Crippen LogP contribution >= 0.6 is 0 Å². The van der Waals surface area contributed by atoms with Crippen LogP contribution in [0.3, 0.4) is 0 Å². The minimum absolute atomic E-state index is 0.144. The van der Waals surface area contributed by atoms with Gasteiger partial charge in [0.1, 0.15) is 5.75 Å². The van der Waals surface area contributed by atoms with Crippen molar-refractivity contribution < 1.29 is 14.3 Å². The van der Waals surface area contributed by atoms with E-state index in [2.05, 4.69) is 0 Å². The monoisotopic (exact) mass is 209 g/mol. The Labute approximate surface area is 89.1 Å². The molecule has 15 heavy (non-hydrogen) atoms. The molecule has 0 aromatic carbocycles. The molecule has 1 heterocycles. The van der Waals surface area contributed by atoms with Crippen LogP contribution in [0.25, 0.3) is 0 Å². The van der Waals surface area contributed by atoms with E-state index >= 15 is 0 Å². The number of ketones is 1. The van der Waals surface area contributed by atoms with E-state index in [0.717, 1.165) is 6.42 Å². The molecule has 0 aliphatic carbocycles. The SMILES string of the molecule is CCCC(=O)c1cc(OCC)cc[n+]1[O-]. The number of rotatable bonds is 5. The predicted molar refractivity (Wildman–Crippen MR) is 55.8 cm³/mol. The molecular weight excluding hydrogens is 194 g/mol. The lowest BCUT2D eigenvalue weighted by Crippen LogP contribution is -2.33. The Hall–Kier alpha value is -1.58. The Morgan fingerprint density at radius 1 is 1.53 bits per heavy atom. The smallest absolute Gasteiger partial charge is 0.263 e. The number of carbonyl (C=O) groups is 1. The lowest BCUT2D eigenvalue weighted by molar-refractivity contribution is -0.607. The molecule has 0 aliphatic rings. The topological polar surface area (TPSA) is 53.2 Å². The molecule has 4 nitrogen and oxygen atoms in total. The highest BCUT2D eigenvalue weighted by Gasteiger charge is 2.15. The molecular formula is C11H15NO3. The van der Waals surface area contributed by atoms with Crippen LogP contribution in [0, 0.1) is 5.21 Å². The normalized spacial score (nSPS) is 10.0. The van der Waals surface area contributed by atoms with E-state index in [1.807, 2.05) is 13.8 Å². The number of ether oxygens (including phenoxy) is 1. The summed E-state index contributed by atoms with van der Waals surface area (Å²) in [5.41, 5.74) is 0.155. The van der Waals surface area contributed by atoms with Crippen molar-refractivity contribution >= 4 is 5.78 Å². The van der Waals surface area contributed by atoms with Gasteiger partial charge in [0, 0.05) is 12.5 Å². The van der Waals surface area contributed by atoms with Crippen LogP contribution in [0.2, 0.25) is 0 Å². The van der Waals surface area contributed by atoms with Crippen LogP contribution in [0.4, 0.5) is 0 Å². The van der Waals surface area contributed by atoms with Gasteiger partial charge in [0.15, 0.2) is 6.20 Å². The zero-order valence-electron chi connectivity index (χ0n) is 9.03. The van der Waals surface area contributed by atoms with Crippen LogP contribution in [-0.4, -0.2) is 12.4 Å². The van der Waals surface area contributed by atoms with Gasteiger partial charge in [-0.15, -0.1) is 0 Å². The molecule has 0 fully saturated rings. The Balaban J connectivity index is 2.94. The molecule has 1 aromatic rings. The third kappa shape index (κ3) is 2.94. The summed E-state index contributed by atoms with van der Waals surface area (Å²) in [6, 6.07) is 3.05. The van der Waals surface area contributed by atoms with Crippen molar-refractivity contribution in [2.45, 2.75) is 26.7 Å². The lowest BCUT2D eigenvalue weighted by Gasteiger charge is -2.06. The van der Waals surface area contributed by atoms with Gasteiger partial charge in [0.25, 0.3) is 5.69 Å². The summed E-state index contributed by atoms with van der Waals surface area (Å²) in [6.45, 7) is 4.27. The van der Waals surface area contributed by atoms with Crippen LogP contribution in [-0.2, 0) is 0 Å². The van der Waals surface area contributed by atoms with E-state index in [0.29, 0.717) is 23.5 Å². The highest BCUT2D eigenvalue weighted by atomic mass is 16.5. The molecule has 0 spiro atoms. The molecule has 4 heteroatoms. The molecule has 0 saturated heterocycles.